The molecule has 0 spiro atoms. The maximum absolute atomic E-state index is 13.0. The summed E-state index contributed by atoms with van der Waals surface area (Å²) in [6.45, 7) is 5.05. The van der Waals surface area contributed by atoms with Crippen LogP contribution in [0.25, 0.3) is 0 Å². The molecule has 0 saturated carbocycles. The number of nitrogens with one attached hydrogen (secondary N) is 2. The third kappa shape index (κ3) is 5.82. The van der Waals surface area contributed by atoms with Gasteiger partial charge in [-0.3, -0.25) is 20.3 Å². The van der Waals surface area contributed by atoms with Crippen LogP contribution in [0.4, 0.5) is 4.79 Å². The predicted octanol–water partition coefficient (Wildman–Crippen LogP) is 1.66. The Morgan fingerprint density at radius 1 is 1.15 bits per heavy atom. The molecular formula is C24H35N5O4. The van der Waals surface area contributed by atoms with Crippen LogP contribution in [-0.2, 0) is 4.79 Å². The Hall–Kier alpha value is -2.67. The summed E-state index contributed by atoms with van der Waals surface area (Å²) in [5.41, 5.74) is 0.463. The Morgan fingerprint density at radius 2 is 1.91 bits per heavy atom. The van der Waals surface area contributed by atoms with E-state index >= 15 is 0 Å². The van der Waals surface area contributed by atoms with Gasteiger partial charge in [0.1, 0.15) is 30.6 Å². The number of benzene rings is 1. The van der Waals surface area contributed by atoms with Gasteiger partial charge in [0.15, 0.2) is 0 Å². The molecule has 4 atom stereocenters. The largest absolute Gasteiger partial charge is 0.491 e. The molecule has 1 aromatic carbocycles. The first-order chi connectivity index (χ1) is 15.9. The average molecular weight is 458 g/mol. The first-order valence-electron chi connectivity index (χ1n) is 11.7. The number of fused-ring (bicyclic) bond motifs is 1. The van der Waals surface area contributed by atoms with Crippen LogP contribution in [-0.4, -0.2) is 77.9 Å². The topological polar surface area (TPSA) is 118 Å². The standard InChI is InChI=1S/C24H35N5O4/c1-16(2)14-29-22-21(23(31)28(3)24(29)32)26-18(10-5-4-8-12-30)19(27-22)15-33-20-11-7-6-9-17(20)13-25/h6-7,9,11,16,18-19,21-22,26-27,30H,4-5,8,10,12,14-15H2,1-3H3. The van der Waals surface area contributed by atoms with Crippen molar-refractivity contribution >= 4 is 11.9 Å². The van der Waals surface area contributed by atoms with E-state index in [4.69, 9.17) is 9.84 Å². The minimum Gasteiger partial charge on any atom is -0.491 e. The lowest BCUT2D eigenvalue weighted by Gasteiger charge is -2.51. The number of urea groups is 1. The van der Waals surface area contributed by atoms with Crippen molar-refractivity contribution < 1.29 is 19.4 Å². The molecule has 0 bridgehead atoms. The third-order valence-corrected chi connectivity index (χ3v) is 6.21. The van der Waals surface area contributed by atoms with Gasteiger partial charge in [-0.25, -0.2) is 4.79 Å². The number of aliphatic hydroxyl groups is 1. The second-order valence-corrected chi connectivity index (χ2v) is 9.19. The van der Waals surface area contributed by atoms with E-state index in [9.17, 15) is 14.9 Å². The lowest BCUT2D eigenvalue weighted by atomic mass is 9.93. The van der Waals surface area contributed by atoms with E-state index in [2.05, 4.69) is 16.7 Å². The summed E-state index contributed by atoms with van der Waals surface area (Å²) in [6.07, 6.45) is 2.83. The molecule has 3 rings (SSSR count). The Morgan fingerprint density at radius 3 is 2.61 bits per heavy atom. The van der Waals surface area contributed by atoms with Gasteiger partial charge in [0.2, 0.25) is 0 Å². The van der Waals surface area contributed by atoms with Crippen molar-refractivity contribution in [3.8, 4) is 11.8 Å². The molecule has 33 heavy (non-hydrogen) atoms. The first-order valence-corrected chi connectivity index (χ1v) is 11.7. The lowest BCUT2D eigenvalue weighted by molar-refractivity contribution is -0.138. The minimum atomic E-state index is -0.545. The smallest absolute Gasteiger partial charge is 0.327 e. The molecule has 180 valence electrons. The molecule has 3 N–H and O–H groups in total. The van der Waals surface area contributed by atoms with Gasteiger partial charge in [-0.1, -0.05) is 38.8 Å². The number of likely N-dealkylation sites (N-methyl/N-ethyl adjacent to an activating group) is 1. The Bertz CT molecular complexity index is 871. The molecule has 2 heterocycles. The zero-order valence-corrected chi connectivity index (χ0v) is 19.7. The van der Waals surface area contributed by atoms with Crippen molar-refractivity contribution in [3.63, 3.8) is 0 Å². The summed E-state index contributed by atoms with van der Waals surface area (Å²) in [7, 11) is 1.53. The van der Waals surface area contributed by atoms with E-state index in [0.29, 0.717) is 17.9 Å². The highest BCUT2D eigenvalue weighted by Gasteiger charge is 2.50. The van der Waals surface area contributed by atoms with Crippen molar-refractivity contribution in [2.24, 2.45) is 5.92 Å². The highest BCUT2D eigenvalue weighted by atomic mass is 16.5. The number of unbranched alkanes of at least 4 members (excludes halogenated alkanes) is 2. The number of hydrogen-bond donors (Lipinski definition) is 3. The van der Waals surface area contributed by atoms with Crippen LogP contribution in [0.2, 0.25) is 0 Å². The van der Waals surface area contributed by atoms with E-state index in [1.54, 1.807) is 23.1 Å². The van der Waals surface area contributed by atoms with Gasteiger partial charge in [-0.15, -0.1) is 0 Å². The number of piperazine rings is 1. The van der Waals surface area contributed by atoms with Crippen molar-refractivity contribution in [1.82, 2.24) is 20.4 Å². The molecule has 0 radical (unpaired) electrons. The summed E-state index contributed by atoms with van der Waals surface area (Å²) >= 11 is 0. The molecule has 3 amide bonds. The van der Waals surface area contributed by atoms with Gasteiger partial charge in [0, 0.05) is 26.2 Å². The fourth-order valence-corrected chi connectivity index (χ4v) is 4.51. The van der Waals surface area contributed by atoms with Crippen molar-refractivity contribution in [3.05, 3.63) is 29.8 Å². The molecule has 1 aromatic rings. The molecule has 0 aromatic heterocycles. The second-order valence-electron chi connectivity index (χ2n) is 9.19. The van der Waals surface area contributed by atoms with Crippen LogP contribution < -0.4 is 15.4 Å². The first kappa shape index (κ1) is 25.0. The van der Waals surface area contributed by atoms with E-state index in [-0.39, 0.29) is 43.2 Å². The molecule has 0 aliphatic carbocycles. The van der Waals surface area contributed by atoms with Crippen molar-refractivity contribution in [2.75, 3.05) is 26.8 Å². The molecule has 2 fully saturated rings. The Labute approximate surface area is 195 Å². The zero-order valence-electron chi connectivity index (χ0n) is 19.7. The van der Waals surface area contributed by atoms with Crippen LogP contribution in [0, 0.1) is 17.2 Å². The van der Waals surface area contributed by atoms with Crippen molar-refractivity contribution in [1.29, 1.82) is 5.26 Å². The number of ether oxygens (including phenoxy) is 1. The number of aliphatic hydroxyl groups excluding tert-OH is 1. The van der Waals surface area contributed by atoms with Crippen molar-refractivity contribution in [2.45, 2.75) is 63.8 Å². The highest BCUT2D eigenvalue weighted by Crippen LogP contribution is 2.25. The van der Waals surface area contributed by atoms with E-state index in [0.717, 1.165) is 25.7 Å². The monoisotopic (exact) mass is 457 g/mol. The maximum Gasteiger partial charge on any atom is 0.327 e. The van der Waals surface area contributed by atoms with Gasteiger partial charge in [0.05, 0.1) is 11.6 Å². The minimum absolute atomic E-state index is 0.0642. The predicted molar refractivity (Wildman–Crippen MR) is 123 cm³/mol. The quantitative estimate of drug-likeness (QED) is 0.457. The molecule has 9 nitrogen and oxygen atoms in total. The lowest BCUT2D eigenvalue weighted by Crippen LogP contribution is -2.79. The number of carbonyl (C=O) groups excluding carboxylic acids is 2. The fourth-order valence-electron chi connectivity index (χ4n) is 4.51. The van der Waals surface area contributed by atoms with E-state index in [1.807, 2.05) is 19.9 Å². The summed E-state index contributed by atoms with van der Waals surface area (Å²) in [4.78, 5) is 28.8. The van der Waals surface area contributed by atoms with Crippen LogP contribution in [0.5, 0.6) is 5.75 Å². The van der Waals surface area contributed by atoms with Crippen LogP contribution in [0.3, 0.4) is 0 Å². The highest BCUT2D eigenvalue weighted by molar-refractivity contribution is 6.00. The van der Waals surface area contributed by atoms with Gasteiger partial charge < -0.3 is 14.7 Å². The van der Waals surface area contributed by atoms with E-state index in [1.165, 1.54) is 11.9 Å². The number of amides is 3. The summed E-state index contributed by atoms with van der Waals surface area (Å²) in [5, 5.41) is 25.5. The number of rotatable bonds is 10. The number of para-hydroxylation sites is 1. The second kappa shape index (κ2) is 11.5. The molecule has 2 aliphatic heterocycles. The number of nitrogens with zero attached hydrogens (tertiary/aromatic N) is 3. The molecular weight excluding hydrogens is 422 g/mol. The number of imide groups is 1. The van der Waals surface area contributed by atoms with Gasteiger partial charge in [-0.05, 0) is 30.9 Å². The fraction of sp³-hybridized carbons (Fsp3) is 0.625. The molecule has 2 saturated heterocycles. The van der Waals surface area contributed by atoms with Crippen LogP contribution in [0.15, 0.2) is 24.3 Å². The molecule has 9 heteroatoms. The van der Waals surface area contributed by atoms with Crippen LogP contribution >= 0.6 is 0 Å². The zero-order chi connectivity index (χ0) is 24.0. The summed E-state index contributed by atoms with van der Waals surface area (Å²) < 4.78 is 6.03. The average Bonchev–Trinajstić information content (AvgIpc) is 2.81. The van der Waals surface area contributed by atoms with Gasteiger partial charge in [0.25, 0.3) is 5.91 Å². The molecule has 4 unspecified atom stereocenters. The SMILES string of the molecule is CC(C)CN1C(=O)N(C)C(=O)C2NC(CCCCCO)C(COc3ccccc3C#N)NC21. The summed E-state index contributed by atoms with van der Waals surface area (Å²) in [5.74, 6) is 0.510. The normalized spacial score (nSPS) is 25.2. The van der Waals surface area contributed by atoms with Gasteiger partial charge in [-0.2, -0.15) is 5.26 Å². The maximum atomic E-state index is 13.0. The number of nitriles is 1. The Balaban J connectivity index is 1.80. The molecule has 2 aliphatic rings. The van der Waals surface area contributed by atoms with Gasteiger partial charge >= 0.3 is 6.03 Å². The third-order valence-electron chi connectivity index (χ3n) is 6.21. The number of hydrogen-bond acceptors (Lipinski definition) is 7. The van der Waals surface area contributed by atoms with E-state index < -0.39 is 12.2 Å². The Kier molecular flexibility index (Phi) is 8.67. The number of carbonyl (C=O) groups is 2. The summed E-state index contributed by atoms with van der Waals surface area (Å²) in [6, 6.07) is 8.15. The van der Waals surface area contributed by atoms with Crippen LogP contribution in [0.1, 0.15) is 45.1 Å².